The van der Waals surface area contributed by atoms with Crippen molar-refractivity contribution in [3.8, 4) is 0 Å². The normalized spacial score (nSPS) is 19.9. The summed E-state index contributed by atoms with van der Waals surface area (Å²) in [6.07, 6.45) is 1.87. The number of rotatable bonds is 2. The minimum Gasteiger partial charge on any atom is -0.398 e. The van der Waals surface area contributed by atoms with E-state index >= 15 is 0 Å². The Morgan fingerprint density at radius 3 is 3.00 bits per heavy atom. The smallest absolute Gasteiger partial charge is 0.242 e. The van der Waals surface area contributed by atoms with Crippen LogP contribution in [0.3, 0.4) is 0 Å². The van der Waals surface area contributed by atoms with Gasteiger partial charge in [-0.05, 0) is 53.4 Å². The average Bonchev–Trinajstić information content (AvgIpc) is 2.29. The summed E-state index contributed by atoms with van der Waals surface area (Å²) in [7, 11) is 0. The zero-order valence-corrected chi connectivity index (χ0v) is 11.3. The Bertz CT molecular complexity index is 448. The molecule has 1 atom stereocenters. The zero-order chi connectivity index (χ0) is 12.4. The molecule has 0 bridgehead atoms. The topological polar surface area (TPSA) is 67.1 Å². The lowest BCUT2D eigenvalue weighted by molar-refractivity contribution is -0.123. The number of amides is 1. The van der Waals surface area contributed by atoms with Gasteiger partial charge in [0.2, 0.25) is 5.91 Å². The molecule has 0 aromatic heterocycles. The Labute approximate surface area is 109 Å². The average molecular weight is 298 g/mol. The Hall–Kier alpha value is -1.23. The molecule has 1 unspecified atom stereocenters. The van der Waals surface area contributed by atoms with E-state index in [1.165, 1.54) is 0 Å². The maximum atomic E-state index is 11.6. The van der Waals surface area contributed by atoms with Crippen molar-refractivity contribution in [3.63, 3.8) is 0 Å². The van der Waals surface area contributed by atoms with Crippen LogP contribution in [-0.2, 0) is 4.79 Å². The van der Waals surface area contributed by atoms with Crippen LogP contribution in [0.5, 0.6) is 0 Å². The molecule has 0 aliphatic carbocycles. The van der Waals surface area contributed by atoms with Crippen LogP contribution in [0, 0.1) is 6.92 Å². The fourth-order valence-corrected chi connectivity index (χ4v) is 2.38. The fraction of sp³-hybridized carbons (Fsp3) is 0.417. The number of nitrogen functional groups attached to an aromatic ring is 1. The SMILES string of the molecule is Cc1cc(NC2CCCNC2=O)c(Br)cc1N. The van der Waals surface area contributed by atoms with E-state index in [1.807, 2.05) is 19.1 Å². The maximum absolute atomic E-state index is 11.6. The second kappa shape index (κ2) is 4.96. The number of benzene rings is 1. The highest BCUT2D eigenvalue weighted by Gasteiger charge is 2.22. The molecule has 1 fully saturated rings. The lowest BCUT2D eigenvalue weighted by Crippen LogP contribution is -2.44. The minimum absolute atomic E-state index is 0.0672. The van der Waals surface area contributed by atoms with Crippen molar-refractivity contribution < 1.29 is 4.79 Å². The van der Waals surface area contributed by atoms with Crippen LogP contribution < -0.4 is 16.4 Å². The van der Waals surface area contributed by atoms with Gasteiger partial charge in [0.1, 0.15) is 6.04 Å². The highest BCUT2D eigenvalue weighted by molar-refractivity contribution is 9.10. The second-order valence-corrected chi connectivity index (χ2v) is 5.17. The van der Waals surface area contributed by atoms with Gasteiger partial charge in [0, 0.05) is 22.4 Å². The monoisotopic (exact) mass is 297 g/mol. The van der Waals surface area contributed by atoms with Crippen molar-refractivity contribution in [1.82, 2.24) is 5.32 Å². The highest BCUT2D eigenvalue weighted by Crippen LogP contribution is 2.28. The summed E-state index contributed by atoms with van der Waals surface area (Å²) in [5.41, 5.74) is 8.48. The molecule has 1 aromatic rings. The van der Waals surface area contributed by atoms with Crippen LogP contribution >= 0.6 is 15.9 Å². The summed E-state index contributed by atoms with van der Waals surface area (Å²) in [5.74, 6) is 0.0672. The molecular formula is C12H16BrN3O. The van der Waals surface area contributed by atoms with Crippen molar-refractivity contribution >= 4 is 33.2 Å². The number of anilines is 2. The van der Waals surface area contributed by atoms with E-state index in [2.05, 4.69) is 26.6 Å². The highest BCUT2D eigenvalue weighted by atomic mass is 79.9. The number of piperidine rings is 1. The Balaban J connectivity index is 2.17. The predicted octanol–water partition coefficient (Wildman–Crippen LogP) is 2.03. The first kappa shape index (κ1) is 12.2. The molecular weight excluding hydrogens is 282 g/mol. The van der Waals surface area contributed by atoms with Crippen LogP contribution in [0.25, 0.3) is 0 Å². The summed E-state index contributed by atoms with van der Waals surface area (Å²) in [4.78, 5) is 11.6. The van der Waals surface area contributed by atoms with E-state index in [0.29, 0.717) is 0 Å². The van der Waals surface area contributed by atoms with Gasteiger partial charge in [0.15, 0.2) is 0 Å². The van der Waals surface area contributed by atoms with Crippen molar-refractivity contribution in [2.75, 3.05) is 17.6 Å². The number of aryl methyl sites for hydroxylation is 1. The molecule has 0 radical (unpaired) electrons. The lowest BCUT2D eigenvalue weighted by Gasteiger charge is -2.24. The third-order valence-electron chi connectivity index (χ3n) is 2.97. The molecule has 2 rings (SSSR count). The van der Waals surface area contributed by atoms with Crippen LogP contribution in [0.1, 0.15) is 18.4 Å². The largest absolute Gasteiger partial charge is 0.398 e. The van der Waals surface area contributed by atoms with Crippen LogP contribution in [0.4, 0.5) is 11.4 Å². The summed E-state index contributed by atoms with van der Waals surface area (Å²) in [5, 5.41) is 6.11. The summed E-state index contributed by atoms with van der Waals surface area (Å²) in [6.45, 7) is 2.73. The molecule has 17 heavy (non-hydrogen) atoms. The Kier molecular flexibility index (Phi) is 3.57. The molecule has 1 aromatic carbocycles. The van der Waals surface area contributed by atoms with Gasteiger partial charge in [-0.2, -0.15) is 0 Å². The number of carbonyl (C=O) groups is 1. The second-order valence-electron chi connectivity index (χ2n) is 4.32. The molecule has 0 saturated carbocycles. The Morgan fingerprint density at radius 1 is 1.53 bits per heavy atom. The predicted molar refractivity (Wildman–Crippen MR) is 72.9 cm³/mol. The standard InChI is InChI=1S/C12H16BrN3O/c1-7-5-11(8(13)6-9(7)14)16-10-3-2-4-15-12(10)17/h5-6,10,16H,2-4,14H2,1H3,(H,15,17). The van der Waals surface area contributed by atoms with Crippen LogP contribution in [0.2, 0.25) is 0 Å². The summed E-state index contributed by atoms with van der Waals surface area (Å²) < 4.78 is 0.888. The van der Waals surface area contributed by atoms with Gasteiger partial charge >= 0.3 is 0 Å². The van der Waals surface area contributed by atoms with Gasteiger partial charge in [0.05, 0.1) is 0 Å². The zero-order valence-electron chi connectivity index (χ0n) is 9.72. The Morgan fingerprint density at radius 2 is 2.29 bits per heavy atom. The molecule has 1 aliphatic heterocycles. The van der Waals surface area contributed by atoms with Crippen LogP contribution in [-0.4, -0.2) is 18.5 Å². The van der Waals surface area contributed by atoms with Gasteiger partial charge in [-0.1, -0.05) is 0 Å². The number of hydrogen-bond acceptors (Lipinski definition) is 3. The van der Waals surface area contributed by atoms with E-state index in [9.17, 15) is 4.79 Å². The van der Waals surface area contributed by atoms with Crippen molar-refractivity contribution in [3.05, 3.63) is 22.2 Å². The number of nitrogens with two attached hydrogens (primary N) is 1. The van der Waals surface area contributed by atoms with Gasteiger partial charge in [-0.15, -0.1) is 0 Å². The van der Waals surface area contributed by atoms with E-state index in [0.717, 1.165) is 40.8 Å². The third kappa shape index (κ3) is 2.72. The number of hydrogen-bond donors (Lipinski definition) is 3. The van der Waals surface area contributed by atoms with E-state index in [4.69, 9.17) is 5.73 Å². The van der Waals surface area contributed by atoms with Gasteiger partial charge in [-0.25, -0.2) is 0 Å². The number of carbonyl (C=O) groups excluding carboxylic acids is 1. The molecule has 0 spiro atoms. The third-order valence-corrected chi connectivity index (χ3v) is 3.63. The van der Waals surface area contributed by atoms with Crippen molar-refractivity contribution in [1.29, 1.82) is 0 Å². The van der Waals surface area contributed by atoms with Gasteiger partial charge in [0.25, 0.3) is 0 Å². The molecule has 1 heterocycles. The molecule has 1 saturated heterocycles. The fourth-order valence-electron chi connectivity index (χ4n) is 1.90. The molecule has 1 amide bonds. The van der Waals surface area contributed by atoms with E-state index in [1.54, 1.807) is 0 Å². The van der Waals surface area contributed by atoms with E-state index in [-0.39, 0.29) is 11.9 Å². The van der Waals surface area contributed by atoms with Crippen molar-refractivity contribution in [2.24, 2.45) is 0 Å². The van der Waals surface area contributed by atoms with E-state index < -0.39 is 0 Å². The molecule has 4 N–H and O–H groups in total. The first-order valence-electron chi connectivity index (χ1n) is 5.68. The summed E-state index contributed by atoms with van der Waals surface area (Å²) >= 11 is 3.45. The quantitative estimate of drug-likeness (QED) is 0.732. The first-order valence-corrected chi connectivity index (χ1v) is 6.47. The maximum Gasteiger partial charge on any atom is 0.242 e. The summed E-state index contributed by atoms with van der Waals surface area (Å²) in [6, 6.07) is 3.67. The van der Waals surface area contributed by atoms with Gasteiger partial charge < -0.3 is 16.4 Å². The number of nitrogens with one attached hydrogen (secondary N) is 2. The molecule has 92 valence electrons. The molecule has 5 heteroatoms. The van der Waals surface area contributed by atoms with Crippen LogP contribution in [0.15, 0.2) is 16.6 Å². The first-order chi connectivity index (χ1) is 8.08. The van der Waals surface area contributed by atoms with Crippen molar-refractivity contribution in [2.45, 2.75) is 25.8 Å². The van der Waals surface area contributed by atoms with Gasteiger partial charge in [-0.3, -0.25) is 4.79 Å². The minimum atomic E-state index is -0.150. The number of halogens is 1. The lowest BCUT2D eigenvalue weighted by atomic mass is 10.1. The molecule has 4 nitrogen and oxygen atoms in total. The molecule has 1 aliphatic rings.